The van der Waals surface area contributed by atoms with E-state index in [1.165, 1.54) is 0 Å². The van der Waals surface area contributed by atoms with E-state index in [4.69, 9.17) is 6.42 Å². The van der Waals surface area contributed by atoms with E-state index in [0.29, 0.717) is 17.9 Å². The third kappa shape index (κ3) is 3.28. The summed E-state index contributed by atoms with van der Waals surface area (Å²) in [6.45, 7) is 2.28. The molecule has 0 aromatic heterocycles. The molecule has 1 aromatic carbocycles. The van der Waals surface area contributed by atoms with Crippen LogP contribution in [0.4, 0.5) is 5.69 Å². The molecule has 0 heterocycles. The normalized spacial score (nSPS) is 10.8. The lowest BCUT2D eigenvalue weighted by Gasteiger charge is -2.05. The number of benzene rings is 1. The Balaban J connectivity index is 2.83. The number of sulfone groups is 1. The molecule has 0 saturated heterocycles. The van der Waals surface area contributed by atoms with Crippen molar-refractivity contribution in [2.45, 2.75) is 18.2 Å². The summed E-state index contributed by atoms with van der Waals surface area (Å²) in [6, 6.07) is 6.65. The Labute approximate surface area is 96.8 Å². The summed E-state index contributed by atoms with van der Waals surface area (Å²) in [5.74, 6) is 2.64. The molecule has 1 N–H and O–H groups in total. The van der Waals surface area contributed by atoms with Gasteiger partial charge in [0, 0.05) is 5.69 Å². The van der Waals surface area contributed by atoms with Gasteiger partial charge in [-0.1, -0.05) is 12.8 Å². The molecule has 0 aliphatic carbocycles. The maximum atomic E-state index is 11.7. The lowest BCUT2D eigenvalue weighted by Crippen LogP contribution is -2.06. The average Bonchev–Trinajstić information content (AvgIpc) is 2.27. The number of nitrogens with one attached hydrogen (secondary N) is 1. The van der Waals surface area contributed by atoms with Crippen LogP contribution in [0.1, 0.15) is 13.3 Å². The second-order valence-electron chi connectivity index (χ2n) is 3.40. The molecule has 0 saturated carbocycles. The Morgan fingerprint density at radius 1 is 1.31 bits per heavy atom. The fourth-order valence-corrected chi connectivity index (χ4v) is 2.64. The van der Waals surface area contributed by atoms with Gasteiger partial charge in [0.25, 0.3) is 0 Å². The molecule has 3 nitrogen and oxygen atoms in total. The summed E-state index contributed by atoms with van der Waals surface area (Å²) in [7, 11) is -3.12. The second kappa shape index (κ2) is 5.57. The predicted octanol–water partition coefficient (Wildman–Crippen LogP) is 1.92. The number of terminal acetylenes is 1. The second-order valence-corrected chi connectivity index (χ2v) is 5.51. The van der Waals surface area contributed by atoms with Crippen LogP contribution in [0.15, 0.2) is 29.2 Å². The zero-order valence-corrected chi connectivity index (χ0v) is 10.0. The quantitative estimate of drug-likeness (QED) is 0.796. The zero-order chi connectivity index (χ0) is 12.0. The first kappa shape index (κ1) is 12.6. The number of rotatable bonds is 5. The van der Waals surface area contributed by atoms with E-state index in [2.05, 4.69) is 11.2 Å². The van der Waals surface area contributed by atoms with Gasteiger partial charge in [0.05, 0.1) is 17.2 Å². The van der Waals surface area contributed by atoms with Gasteiger partial charge in [-0.05, 0) is 30.7 Å². The topological polar surface area (TPSA) is 46.2 Å². The van der Waals surface area contributed by atoms with Gasteiger partial charge in [0.1, 0.15) is 0 Å². The van der Waals surface area contributed by atoms with Gasteiger partial charge in [-0.15, -0.1) is 6.42 Å². The molecule has 1 rings (SSSR count). The van der Waals surface area contributed by atoms with Crippen molar-refractivity contribution in [2.75, 3.05) is 17.6 Å². The lowest BCUT2D eigenvalue weighted by molar-refractivity contribution is 0.595. The van der Waals surface area contributed by atoms with E-state index in [-0.39, 0.29) is 5.75 Å². The Morgan fingerprint density at radius 3 is 2.44 bits per heavy atom. The summed E-state index contributed by atoms with van der Waals surface area (Å²) in [5, 5.41) is 2.97. The first-order valence-corrected chi connectivity index (χ1v) is 6.75. The van der Waals surface area contributed by atoms with E-state index < -0.39 is 9.84 Å². The van der Waals surface area contributed by atoms with Crippen LogP contribution in [0.5, 0.6) is 0 Å². The highest BCUT2D eigenvalue weighted by atomic mass is 32.2. The minimum Gasteiger partial charge on any atom is -0.374 e. The standard InChI is InChI=1S/C12H15NO2S/c1-3-9-13-11-5-7-12(8-6-11)16(14,15)10-4-2/h1,5-8,13H,4,9-10H2,2H3. The molecule has 0 aliphatic heterocycles. The lowest BCUT2D eigenvalue weighted by atomic mass is 10.3. The van der Waals surface area contributed by atoms with Gasteiger partial charge in [0.2, 0.25) is 0 Å². The van der Waals surface area contributed by atoms with Crippen molar-refractivity contribution >= 4 is 15.5 Å². The Morgan fingerprint density at radius 2 is 1.94 bits per heavy atom. The van der Waals surface area contributed by atoms with E-state index >= 15 is 0 Å². The Bertz CT molecular complexity index is 469. The van der Waals surface area contributed by atoms with Crippen LogP contribution in [0.3, 0.4) is 0 Å². The van der Waals surface area contributed by atoms with Gasteiger partial charge >= 0.3 is 0 Å². The van der Waals surface area contributed by atoms with Gasteiger partial charge in [-0.25, -0.2) is 8.42 Å². The molecule has 86 valence electrons. The SMILES string of the molecule is C#CCNc1ccc(S(=O)(=O)CCC)cc1. The molecule has 0 bridgehead atoms. The molecule has 0 aliphatic rings. The van der Waals surface area contributed by atoms with Crippen molar-refractivity contribution in [1.82, 2.24) is 0 Å². The third-order valence-electron chi connectivity index (χ3n) is 2.08. The molecule has 0 atom stereocenters. The van der Waals surface area contributed by atoms with Crippen LogP contribution in [-0.4, -0.2) is 20.7 Å². The maximum Gasteiger partial charge on any atom is 0.178 e. The molecular weight excluding hydrogens is 222 g/mol. The van der Waals surface area contributed by atoms with E-state index in [9.17, 15) is 8.42 Å². The summed E-state index contributed by atoms with van der Waals surface area (Å²) in [5.41, 5.74) is 0.827. The largest absolute Gasteiger partial charge is 0.374 e. The van der Waals surface area contributed by atoms with Crippen LogP contribution in [-0.2, 0) is 9.84 Å². The molecule has 0 radical (unpaired) electrons. The van der Waals surface area contributed by atoms with Crippen molar-refractivity contribution in [3.05, 3.63) is 24.3 Å². The highest BCUT2D eigenvalue weighted by Crippen LogP contribution is 2.15. The van der Waals surface area contributed by atoms with Gasteiger partial charge in [-0.3, -0.25) is 0 Å². The first-order valence-electron chi connectivity index (χ1n) is 5.10. The highest BCUT2D eigenvalue weighted by Gasteiger charge is 2.12. The number of hydrogen-bond acceptors (Lipinski definition) is 3. The summed E-state index contributed by atoms with van der Waals surface area (Å²) in [6.07, 6.45) is 5.73. The monoisotopic (exact) mass is 237 g/mol. The fraction of sp³-hybridized carbons (Fsp3) is 0.333. The van der Waals surface area contributed by atoms with Crippen LogP contribution < -0.4 is 5.32 Å². The fourth-order valence-electron chi connectivity index (χ4n) is 1.32. The summed E-state index contributed by atoms with van der Waals surface area (Å²) in [4.78, 5) is 0.362. The zero-order valence-electron chi connectivity index (χ0n) is 9.23. The third-order valence-corrected chi connectivity index (χ3v) is 4.02. The summed E-state index contributed by atoms with van der Waals surface area (Å²) < 4.78 is 23.4. The van der Waals surface area contributed by atoms with Gasteiger partial charge < -0.3 is 5.32 Å². The molecule has 0 amide bonds. The van der Waals surface area contributed by atoms with Crippen molar-refractivity contribution < 1.29 is 8.42 Å². The maximum absolute atomic E-state index is 11.7. The number of anilines is 1. The molecule has 0 unspecified atom stereocenters. The van der Waals surface area contributed by atoms with E-state index in [1.54, 1.807) is 24.3 Å². The van der Waals surface area contributed by atoms with Crippen molar-refractivity contribution in [1.29, 1.82) is 0 Å². The van der Waals surface area contributed by atoms with Gasteiger partial charge in [-0.2, -0.15) is 0 Å². The minimum absolute atomic E-state index is 0.185. The average molecular weight is 237 g/mol. The summed E-state index contributed by atoms with van der Waals surface area (Å²) >= 11 is 0. The molecule has 0 fully saturated rings. The molecule has 4 heteroatoms. The first-order chi connectivity index (χ1) is 7.60. The predicted molar refractivity (Wildman–Crippen MR) is 66.1 cm³/mol. The molecular formula is C12H15NO2S. The van der Waals surface area contributed by atoms with Crippen molar-refractivity contribution in [3.63, 3.8) is 0 Å². The van der Waals surface area contributed by atoms with Crippen LogP contribution in [0.2, 0.25) is 0 Å². The number of hydrogen-bond donors (Lipinski definition) is 1. The van der Waals surface area contributed by atoms with E-state index in [1.807, 2.05) is 6.92 Å². The van der Waals surface area contributed by atoms with Gasteiger partial charge in [0.15, 0.2) is 9.84 Å². The molecule has 16 heavy (non-hydrogen) atoms. The molecule has 1 aromatic rings. The highest BCUT2D eigenvalue weighted by molar-refractivity contribution is 7.91. The smallest absolute Gasteiger partial charge is 0.178 e. The Kier molecular flexibility index (Phi) is 4.39. The Hall–Kier alpha value is -1.47. The van der Waals surface area contributed by atoms with Crippen LogP contribution in [0, 0.1) is 12.3 Å². The molecule has 0 spiro atoms. The van der Waals surface area contributed by atoms with Crippen molar-refractivity contribution in [2.24, 2.45) is 0 Å². The minimum atomic E-state index is -3.12. The van der Waals surface area contributed by atoms with E-state index in [0.717, 1.165) is 5.69 Å². The van der Waals surface area contributed by atoms with Crippen LogP contribution >= 0.6 is 0 Å². The van der Waals surface area contributed by atoms with Crippen LogP contribution in [0.25, 0.3) is 0 Å². The van der Waals surface area contributed by atoms with Crippen molar-refractivity contribution in [3.8, 4) is 12.3 Å².